The minimum absolute atomic E-state index is 0.0269. The van der Waals surface area contributed by atoms with Gasteiger partial charge >= 0.3 is 0 Å². The van der Waals surface area contributed by atoms with Gasteiger partial charge in [-0.05, 0) is 11.4 Å². The van der Waals surface area contributed by atoms with Crippen LogP contribution in [0.5, 0.6) is 0 Å². The number of thioether (sulfide) groups is 1. The molecule has 1 fully saturated rings. The lowest BCUT2D eigenvalue weighted by Crippen LogP contribution is -2.71. The molecular formula is C21H18N6O6S2. The Hall–Kier alpha value is -3.91. The van der Waals surface area contributed by atoms with E-state index in [-0.39, 0.29) is 29.7 Å². The number of fused-ring (bicyclic) bond motifs is 2. The summed E-state index contributed by atoms with van der Waals surface area (Å²) in [6.07, 6.45) is 4.92. The normalized spacial score (nSPS) is 20.0. The Morgan fingerprint density at radius 3 is 3.00 bits per heavy atom. The number of rotatable bonds is 7. The molecule has 0 bridgehead atoms. The van der Waals surface area contributed by atoms with E-state index in [0.29, 0.717) is 11.3 Å². The molecule has 3 aromatic rings. The van der Waals surface area contributed by atoms with Gasteiger partial charge in [-0.1, -0.05) is 5.16 Å². The molecule has 0 saturated carbocycles. The van der Waals surface area contributed by atoms with Crippen molar-refractivity contribution in [3.05, 3.63) is 53.1 Å². The molecule has 14 heteroatoms. The van der Waals surface area contributed by atoms with Crippen molar-refractivity contribution < 1.29 is 33.3 Å². The number of pyridine rings is 1. The van der Waals surface area contributed by atoms with Crippen LogP contribution in [0.15, 0.2) is 57.0 Å². The zero-order valence-corrected chi connectivity index (χ0v) is 19.8. The number of oxazole rings is 1. The van der Waals surface area contributed by atoms with Crippen LogP contribution in [0.3, 0.4) is 0 Å². The number of carboxylic acid groups (broad SMARTS) is 1. The van der Waals surface area contributed by atoms with E-state index >= 15 is 0 Å². The highest BCUT2D eigenvalue weighted by atomic mass is 32.2. The summed E-state index contributed by atoms with van der Waals surface area (Å²) in [5.41, 5.74) is 5.62. The van der Waals surface area contributed by atoms with E-state index in [1.165, 1.54) is 18.9 Å². The summed E-state index contributed by atoms with van der Waals surface area (Å²) in [6, 6.07) is 2.80. The highest BCUT2D eigenvalue weighted by Crippen LogP contribution is 2.40. The Balaban J connectivity index is 1.36. The third-order valence-electron chi connectivity index (χ3n) is 5.51. The molecule has 1 saturated heterocycles. The quantitative estimate of drug-likeness (QED) is 0.178. The molecule has 2 amide bonds. The first kappa shape index (κ1) is 22.9. The van der Waals surface area contributed by atoms with Crippen LogP contribution in [-0.2, 0) is 25.8 Å². The summed E-state index contributed by atoms with van der Waals surface area (Å²) in [5, 5.41) is 20.7. The summed E-state index contributed by atoms with van der Waals surface area (Å²) in [4.78, 5) is 47.5. The van der Waals surface area contributed by atoms with Crippen LogP contribution < -0.4 is 20.7 Å². The molecule has 2 aliphatic heterocycles. The van der Waals surface area contributed by atoms with Crippen LogP contribution in [-0.4, -0.2) is 57.7 Å². The van der Waals surface area contributed by atoms with E-state index in [1.807, 2.05) is 34.5 Å². The van der Waals surface area contributed by atoms with Gasteiger partial charge in [0.25, 0.3) is 17.8 Å². The first-order valence-electron chi connectivity index (χ1n) is 10.2. The number of amides is 2. The van der Waals surface area contributed by atoms with Gasteiger partial charge in [0, 0.05) is 22.1 Å². The Kier molecular flexibility index (Phi) is 5.90. The van der Waals surface area contributed by atoms with Gasteiger partial charge in [0.15, 0.2) is 24.7 Å². The number of nitrogen functional groups attached to an aromatic ring is 1. The molecule has 0 aromatic carbocycles. The van der Waals surface area contributed by atoms with Crippen molar-refractivity contribution in [3.8, 4) is 0 Å². The van der Waals surface area contributed by atoms with Crippen molar-refractivity contribution >= 4 is 62.7 Å². The molecule has 1 unspecified atom stereocenters. The number of hydrogen-bond acceptors (Lipinski definition) is 11. The number of nitrogens with one attached hydrogen (secondary N) is 1. The van der Waals surface area contributed by atoms with Crippen LogP contribution >= 0.6 is 23.1 Å². The lowest BCUT2D eigenvalue weighted by molar-refractivity contribution is -0.687. The second-order valence-corrected chi connectivity index (χ2v) is 9.70. The number of carbonyl (C=O) groups excluding carboxylic acids is 3. The number of thiophene rings is 1. The van der Waals surface area contributed by atoms with Gasteiger partial charge in [-0.25, -0.2) is 4.57 Å². The van der Waals surface area contributed by atoms with Crippen molar-refractivity contribution in [2.45, 2.75) is 18.0 Å². The van der Waals surface area contributed by atoms with Crippen LogP contribution in [0.1, 0.15) is 5.69 Å². The van der Waals surface area contributed by atoms with Crippen molar-refractivity contribution in [3.63, 3.8) is 0 Å². The fraction of sp³-hybridized carbons (Fsp3) is 0.238. The van der Waals surface area contributed by atoms with E-state index in [0.717, 1.165) is 21.2 Å². The molecule has 5 rings (SSSR count). The summed E-state index contributed by atoms with van der Waals surface area (Å²) in [5.74, 6) is -2.41. The predicted molar refractivity (Wildman–Crippen MR) is 124 cm³/mol. The SMILES string of the molecule is CO/N=C(\C(=O)NC1C(=O)N2C(C(=O)[O-])=C(C[n+]3ccc4sccc4c3)CS[C@H]12)c1coc(N)n1. The van der Waals surface area contributed by atoms with Gasteiger partial charge in [-0.3, -0.25) is 14.5 Å². The second-order valence-electron chi connectivity index (χ2n) is 7.65. The fourth-order valence-corrected chi connectivity index (χ4v) is 6.06. The maximum atomic E-state index is 12.9. The number of nitrogens with zero attached hydrogens (tertiary/aromatic N) is 4. The van der Waals surface area contributed by atoms with E-state index in [4.69, 9.17) is 15.0 Å². The lowest BCUT2D eigenvalue weighted by Gasteiger charge is -2.50. The standard InChI is InChI=1S/C21H18N6O6S2/c1-32-25-14(12-8-33-21(22)23-12)17(28)24-15-18(29)27-16(20(30)31)11(9-35-19(15)27)7-26-4-2-13-10(6-26)3-5-34-13/h2-6,8,15,19H,7,9H2,1H3,(H3-,22,23,24,28,30,31)/b25-14-/t15?,19-/m1/s1. The third-order valence-corrected chi connectivity index (χ3v) is 7.75. The molecule has 2 aliphatic rings. The number of carboxylic acids is 1. The zero-order chi connectivity index (χ0) is 24.7. The van der Waals surface area contributed by atoms with Crippen LogP contribution in [0.25, 0.3) is 10.1 Å². The molecule has 12 nitrogen and oxygen atoms in total. The van der Waals surface area contributed by atoms with Crippen LogP contribution in [0, 0.1) is 0 Å². The first-order valence-corrected chi connectivity index (χ1v) is 12.2. The molecule has 35 heavy (non-hydrogen) atoms. The Bertz CT molecular complexity index is 1410. The van der Waals surface area contributed by atoms with Gasteiger partial charge in [-0.15, -0.1) is 23.1 Å². The maximum Gasteiger partial charge on any atom is 0.292 e. The molecule has 3 N–H and O–H groups in total. The predicted octanol–water partition coefficient (Wildman–Crippen LogP) is -0.786. The largest absolute Gasteiger partial charge is 0.543 e. The number of carbonyl (C=O) groups is 3. The molecule has 180 valence electrons. The molecule has 0 aliphatic carbocycles. The van der Waals surface area contributed by atoms with Gasteiger partial charge in [0.1, 0.15) is 30.5 Å². The molecule has 0 spiro atoms. The average molecular weight is 515 g/mol. The van der Waals surface area contributed by atoms with Gasteiger partial charge in [0.05, 0.1) is 17.1 Å². The van der Waals surface area contributed by atoms with Crippen molar-refractivity contribution in [2.24, 2.45) is 5.16 Å². The average Bonchev–Trinajstić information content (AvgIpc) is 3.48. The summed E-state index contributed by atoms with van der Waals surface area (Å²) in [6.45, 7) is 0.286. The molecule has 3 aromatic heterocycles. The zero-order valence-electron chi connectivity index (χ0n) is 18.2. The number of nitrogens with two attached hydrogens (primary N) is 1. The molecule has 2 atom stereocenters. The minimum Gasteiger partial charge on any atom is -0.543 e. The van der Waals surface area contributed by atoms with Crippen LogP contribution in [0.4, 0.5) is 6.01 Å². The number of oxime groups is 1. The number of β-lactam (4-membered cyclic amide) rings is 1. The van der Waals surface area contributed by atoms with Gasteiger partial charge in [-0.2, -0.15) is 4.98 Å². The maximum absolute atomic E-state index is 12.9. The topological polar surface area (TPSA) is 167 Å². The van der Waals surface area contributed by atoms with E-state index in [1.54, 1.807) is 11.3 Å². The number of aromatic nitrogens is 2. The summed E-state index contributed by atoms with van der Waals surface area (Å²) < 4.78 is 7.90. The molecule has 0 radical (unpaired) electrons. The second kappa shape index (κ2) is 9.03. The van der Waals surface area contributed by atoms with Crippen molar-refractivity contribution in [1.82, 2.24) is 15.2 Å². The number of aliphatic carboxylic acids is 1. The van der Waals surface area contributed by atoms with Gasteiger partial charge in [0.2, 0.25) is 0 Å². The van der Waals surface area contributed by atoms with E-state index in [2.05, 4.69) is 15.5 Å². The number of anilines is 1. The van der Waals surface area contributed by atoms with Crippen molar-refractivity contribution in [1.29, 1.82) is 0 Å². The van der Waals surface area contributed by atoms with Crippen LogP contribution in [0.2, 0.25) is 0 Å². The summed E-state index contributed by atoms with van der Waals surface area (Å²) in [7, 11) is 1.25. The highest BCUT2D eigenvalue weighted by Gasteiger charge is 2.53. The Morgan fingerprint density at radius 2 is 2.29 bits per heavy atom. The van der Waals surface area contributed by atoms with E-state index in [9.17, 15) is 19.5 Å². The Morgan fingerprint density at radius 1 is 1.46 bits per heavy atom. The first-order chi connectivity index (χ1) is 16.9. The molecular weight excluding hydrogens is 496 g/mol. The number of hydrogen-bond donors (Lipinski definition) is 2. The monoisotopic (exact) mass is 514 g/mol. The summed E-state index contributed by atoms with van der Waals surface area (Å²) >= 11 is 2.97. The highest BCUT2D eigenvalue weighted by molar-refractivity contribution is 8.00. The van der Waals surface area contributed by atoms with E-state index < -0.39 is 29.2 Å². The third kappa shape index (κ3) is 4.10. The Labute approximate surface area is 206 Å². The fourth-order valence-electron chi connectivity index (χ4n) is 3.97. The van der Waals surface area contributed by atoms with Crippen molar-refractivity contribution in [2.75, 3.05) is 18.6 Å². The van der Waals surface area contributed by atoms with Gasteiger partial charge < -0.3 is 30.2 Å². The minimum atomic E-state index is -1.44. The smallest absolute Gasteiger partial charge is 0.292 e. The molecule has 5 heterocycles. The lowest BCUT2D eigenvalue weighted by atomic mass is 10.0.